The van der Waals surface area contributed by atoms with Crippen LogP contribution in [0.4, 0.5) is 0 Å². The number of nitrogens with zero attached hydrogens (tertiary/aromatic N) is 1. The van der Waals surface area contributed by atoms with E-state index in [1.54, 1.807) is 12.1 Å². The Hall–Kier alpha value is -0.900. The summed E-state index contributed by atoms with van der Waals surface area (Å²) in [6.07, 6.45) is 4.37. The second-order valence-corrected chi connectivity index (χ2v) is 6.23. The SMILES string of the molecule is CN(CCC(=O)c1ccccc1Cl)CC1(O)CCCC1. The van der Waals surface area contributed by atoms with Gasteiger partial charge >= 0.3 is 0 Å². The van der Waals surface area contributed by atoms with Crippen molar-refractivity contribution in [2.45, 2.75) is 37.7 Å². The van der Waals surface area contributed by atoms with Crippen molar-refractivity contribution in [3.8, 4) is 0 Å². The van der Waals surface area contributed by atoms with Crippen LogP contribution in [0.1, 0.15) is 42.5 Å². The van der Waals surface area contributed by atoms with E-state index in [-0.39, 0.29) is 5.78 Å². The van der Waals surface area contributed by atoms with Crippen molar-refractivity contribution in [3.63, 3.8) is 0 Å². The van der Waals surface area contributed by atoms with Gasteiger partial charge in [-0.2, -0.15) is 0 Å². The van der Waals surface area contributed by atoms with Crippen LogP contribution in [0.5, 0.6) is 0 Å². The van der Waals surface area contributed by atoms with E-state index < -0.39 is 5.60 Å². The summed E-state index contributed by atoms with van der Waals surface area (Å²) in [6, 6.07) is 7.14. The van der Waals surface area contributed by atoms with E-state index in [0.717, 1.165) is 25.7 Å². The van der Waals surface area contributed by atoms with E-state index in [1.807, 2.05) is 24.1 Å². The molecule has 0 unspecified atom stereocenters. The second-order valence-electron chi connectivity index (χ2n) is 5.82. The number of hydrogen-bond donors (Lipinski definition) is 1. The van der Waals surface area contributed by atoms with Crippen LogP contribution >= 0.6 is 11.6 Å². The second kappa shape index (κ2) is 6.70. The van der Waals surface area contributed by atoms with Crippen molar-refractivity contribution in [1.82, 2.24) is 4.90 Å². The maximum Gasteiger partial charge on any atom is 0.165 e. The zero-order chi connectivity index (χ0) is 14.6. The third-order valence-electron chi connectivity index (χ3n) is 3.99. The molecule has 3 nitrogen and oxygen atoms in total. The largest absolute Gasteiger partial charge is 0.389 e. The zero-order valence-electron chi connectivity index (χ0n) is 11.9. The van der Waals surface area contributed by atoms with Gasteiger partial charge in [-0.1, -0.05) is 36.6 Å². The van der Waals surface area contributed by atoms with E-state index in [9.17, 15) is 9.90 Å². The van der Waals surface area contributed by atoms with Crippen LogP contribution in [-0.4, -0.2) is 41.5 Å². The lowest BCUT2D eigenvalue weighted by atomic mass is 10.0. The van der Waals surface area contributed by atoms with E-state index in [2.05, 4.69) is 0 Å². The smallest absolute Gasteiger partial charge is 0.165 e. The van der Waals surface area contributed by atoms with Crippen LogP contribution in [0.3, 0.4) is 0 Å². The van der Waals surface area contributed by atoms with Gasteiger partial charge in [-0.15, -0.1) is 0 Å². The molecule has 0 radical (unpaired) electrons. The topological polar surface area (TPSA) is 40.5 Å². The molecule has 1 N–H and O–H groups in total. The lowest BCUT2D eigenvalue weighted by Crippen LogP contribution is -2.39. The molecule has 1 aliphatic carbocycles. The number of aliphatic hydroxyl groups is 1. The summed E-state index contributed by atoms with van der Waals surface area (Å²) in [5.74, 6) is 0.0564. The van der Waals surface area contributed by atoms with E-state index in [0.29, 0.717) is 30.1 Å². The average molecular weight is 296 g/mol. The van der Waals surface area contributed by atoms with Gasteiger partial charge in [0.25, 0.3) is 0 Å². The summed E-state index contributed by atoms with van der Waals surface area (Å²) >= 11 is 6.02. The van der Waals surface area contributed by atoms with Crippen molar-refractivity contribution in [1.29, 1.82) is 0 Å². The molecule has 1 aliphatic rings. The molecule has 0 amide bonds. The molecule has 0 aliphatic heterocycles. The molecule has 0 atom stereocenters. The number of benzene rings is 1. The molecular formula is C16H22ClNO2. The maximum absolute atomic E-state index is 12.1. The predicted octanol–water partition coefficient (Wildman–Crippen LogP) is 3.15. The van der Waals surface area contributed by atoms with Crippen LogP contribution in [0, 0.1) is 0 Å². The van der Waals surface area contributed by atoms with Crippen LogP contribution in [0.25, 0.3) is 0 Å². The minimum absolute atomic E-state index is 0.0564. The fourth-order valence-electron chi connectivity index (χ4n) is 2.89. The van der Waals surface area contributed by atoms with Gasteiger partial charge in [0.05, 0.1) is 10.6 Å². The van der Waals surface area contributed by atoms with Gasteiger partial charge in [0.1, 0.15) is 0 Å². The number of hydrogen-bond acceptors (Lipinski definition) is 3. The number of carbonyl (C=O) groups excluding carboxylic acids is 1. The number of ketones is 1. The molecule has 1 aromatic carbocycles. The lowest BCUT2D eigenvalue weighted by Gasteiger charge is -2.28. The molecule has 0 aromatic heterocycles. The number of carbonyl (C=O) groups is 1. The van der Waals surface area contributed by atoms with Crippen molar-refractivity contribution in [2.75, 3.05) is 20.1 Å². The van der Waals surface area contributed by atoms with Gasteiger partial charge in [-0.3, -0.25) is 4.79 Å². The van der Waals surface area contributed by atoms with Crippen LogP contribution in [0.2, 0.25) is 5.02 Å². The Balaban J connectivity index is 1.83. The fourth-order valence-corrected chi connectivity index (χ4v) is 3.13. The Labute approximate surface area is 125 Å². The van der Waals surface area contributed by atoms with E-state index >= 15 is 0 Å². The molecule has 0 heterocycles. The van der Waals surface area contributed by atoms with Crippen LogP contribution < -0.4 is 0 Å². The van der Waals surface area contributed by atoms with Gasteiger partial charge < -0.3 is 10.0 Å². The highest BCUT2D eigenvalue weighted by Gasteiger charge is 2.32. The Bertz CT molecular complexity index is 469. The number of likely N-dealkylation sites (N-methyl/N-ethyl adjacent to an activating group) is 1. The quantitative estimate of drug-likeness (QED) is 0.820. The summed E-state index contributed by atoms with van der Waals surface area (Å²) < 4.78 is 0. The van der Waals surface area contributed by atoms with E-state index in [4.69, 9.17) is 11.6 Å². The molecule has 110 valence electrons. The minimum Gasteiger partial charge on any atom is -0.389 e. The first kappa shape index (κ1) is 15.5. The van der Waals surface area contributed by atoms with Crippen LogP contribution in [0.15, 0.2) is 24.3 Å². The molecule has 1 aromatic rings. The molecule has 20 heavy (non-hydrogen) atoms. The molecule has 1 saturated carbocycles. The monoisotopic (exact) mass is 295 g/mol. The van der Waals surface area contributed by atoms with Crippen molar-refractivity contribution in [2.24, 2.45) is 0 Å². The first-order chi connectivity index (χ1) is 9.50. The van der Waals surface area contributed by atoms with Crippen molar-refractivity contribution >= 4 is 17.4 Å². The molecule has 4 heteroatoms. The number of Topliss-reactive ketones (excluding diaryl/α,β-unsaturated/α-hetero) is 1. The summed E-state index contributed by atoms with van der Waals surface area (Å²) in [5.41, 5.74) is 0.0319. The highest BCUT2D eigenvalue weighted by Crippen LogP contribution is 2.30. The van der Waals surface area contributed by atoms with Gasteiger partial charge in [-0.05, 0) is 32.0 Å². The first-order valence-corrected chi connectivity index (χ1v) is 7.57. The Kier molecular flexibility index (Phi) is 5.19. The summed E-state index contributed by atoms with van der Waals surface area (Å²) in [6.45, 7) is 1.29. The van der Waals surface area contributed by atoms with Crippen molar-refractivity contribution in [3.05, 3.63) is 34.9 Å². The summed E-state index contributed by atoms with van der Waals surface area (Å²) in [5, 5.41) is 10.8. The Morgan fingerprint density at radius 1 is 1.35 bits per heavy atom. The summed E-state index contributed by atoms with van der Waals surface area (Å²) in [4.78, 5) is 14.2. The third kappa shape index (κ3) is 4.05. The van der Waals surface area contributed by atoms with Crippen molar-refractivity contribution < 1.29 is 9.90 Å². The molecule has 0 bridgehead atoms. The predicted molar refractivity (Wildman–Crippen MR) is 81.3 cm³/mol. The molecule has 1 fully saturated rings. The lowest BCUT2D eigenvalue weighted by molar-refractivity contribution is 0.0162. The number of rotatable bonds is 6. The Morgan fingerprint density at radius 3 is 2.65 bits per heavy atom. The minimum atomic E-state index is -0.553. The standard InChI is InChI=1S/C16H22ClNO2/c1-18(12-16(20)9-4-5-10-16)11-8-15(19)13-6-2-3-7-14(13)17/h2-3,6-7,20H,4-5,8-12H2,1H3. The Morgan fingerprint density at radius 2 is 2.00 bits per heavy atom. The van der Waals surface area contributed by atoms with Gasteiger partial charge in [0.2, 0.25) is 0 Å². The first-order valence-electron chi connectivity index (χ1n) is 7.19. The van der Waals surface area contributed by atoms with Gasteiger partial charge in [0.15, 0.2) is 5.78 Å². The van der Waals surface area contributed by atoms with Gasteiger partial charge in [-0.25, -0.2) is 0 Å². The summed E-state index contributed by atoms with van der Waals surface area (Å²) in [7, 11) is 1.95. The number of halogens is 1. The van der Waals surface area contributed by atoms with Crippen LogP contribution in [-0.2, 0) is 0 Å². The third-order valence-corrected chi connectivity index (χ3v) is 4.32. The average Bonchev–Trinajstić information content (AvgIpc) is 2.83. The maximum atomic E-state index is 12.1. The molecule has 0 spiro atoms. The zero-order valence-corrected chi connectivity index (χ0v) is 12.7. The molecule has 0 saturated heterocycles. The highest BCUT2D eigenvalue weighted by molar-refractivity contribution is 6.33. The van der Waals surface area contributed by atoms with Gasteiger partial charge in [0, 0.05) is 25.1 Å². The molecule has 2 rings (SSSR count). The highest BCUT2D eigenvalue weighted by atomic mass is 35.5. The fraction of sp³-hybridized carbons (Fsp3) is 0.562. The normalized spacial score (nSPS) is 17.6. The van der Waals surface area contributed by atoms with E-state index in [1.165, 1.54) is 0 Å². The molecular weight excluding hydrogens is 274 g/mol.